The Morgan fingerprint density at radius 1 is 1.56 bits per heavy atom. The molecule has 0 spiro atoms. The van der Waals surface area contributed by atoms with Gasteiger partial charge < -0.3 is 15.4 Å². The lowest BCUT2D eigenvalue weighted by Crippen LogP contribution is -2.41. The van der Waals surface area contributed by atoms with Crippen LogP contribution in [0.3, 0.4) is 0 Å². The molecule has 1 saturated heterocycles. The quantitative estimate of drug-likeness (QED) is 0.749. The lowest BCUT2D eigenvalue weighted by Gasteiger charge is -2.12. The number of halogens is 3. The summed E-state index contributed by atoms with van der Waals surface area (Å²) in [6.45, 7) is 0.173. The minimum absolute atomic E-state index is 0.0432. The van der Waals surface area contributed by atoms with Gasteiger partial charge in [-0.15, -0.1) is 0 Å². The molecule has 1 amide bonds. The third-order valence-corrected chi connectivity index (χ3v) is 2.45. The first-order valence-electron chi connectivity index (χ1n) is 5.03. The van der Waals surface area contributed by atoms with Crippen molar-refractivity contribution < 1.29 is 22.7 Å². The van der Waals surface area contributed by atoms with Gasteiger partial charge in [0.15, 0.2) is 0 Å². The second-order valence-electron chi connectivity index (χ2n) is 3.71. The number of methoxy groups -OCH3 is 1. The maximum Gasteiger partial charge on any atom is 0.390 e. The molecular formula is C9H15F3N2O2. The number of ether oxygens (including phenoxy) is 1. The van der Waals surface area contributed by atoms with Crippen LogP contribution in [-0.4, -0.2) is 44.4 Å². The highest BCUT2D eigenvalue weighted by Gasteiger charge is 2.30. The summed E-state index contributed by atoms with van der Waals surface area (Å²) in [5.74, 6) is -0.399. The molecule has 94 valence electrons. The molecule has 1 fully saturated rings. The third-order valence-electron chi connectivity index (χ3n) is 2.45. The molecule has 1 rings (SSSR count). The van der Waals surface area contributed by atoms with E-state index in [-0.39, 0.29) is 12.6 Å². The van der Waals surface area contributed by atoms with Crippen molar-refractivity contribution in [3.63, 3.8) is 0 Å². The van der Waals surface area contributed by atoms with Gasteiger partial charge in [0.25, 0.3) is 0 Å². The molecule has 2 unspecified atom stereocenters. The van der Waals surface area contributed by atoms with Crippen molar-refractivity contribution in [3.8, 4) is 0 Å². The van der Waals surface area contributed by atoms with Crippen molar-refractivity contribution in [2.75, 3.05) is 20.2 Å². The summed E-state index contributed by atoms with van der Waals surface area (Å²) in [7, 11) is 1.54. The monoisotopic (exact) mass is 240 g/mol. The van der Waals surface area contributed by atoms with Crippen molar-refractivity contribution in [3.05, 3.63) is 0 Å². The molecule has 0 saturated carbocycles. The molecule has 7 heteroatoms. The van der Waals surface area contributed by atoms with E-state index in [2.05, 4.69) is 10.6 Å². The molecular weight excluding hydrogens is 225 g/mol. The summed E-state index contributed by atoms with van der Waals surface area (Å²) in [6.07, 6.45) is -4.78. The minimum Gasteiger partial charge on any atom is -0.380 e. The Hall–Kier alpha value is -0.820. The highest BCUT2D eigenvalue weighted by molar-refractivity contribution is 5.82. The molecule has 0 aromatic carbocycles. The summed E-state index contributed by atoms with van der Waals surface area (Å²) in [4.78, 5) is 11.4. The number of nitrogens with one attached hydrogen (secondary N) is 2. The lowest BCUT2D eigenvalue weighted by atomic mass is 10.2. The maximum atomic E-state index is 11.8. The van der Waals surface area contributed by atoms with Crippen LogP contribution in [-0.2, 0) is 9.53 Å². The lowest BCUT2D eigenvalue weighted by molar-refractivity contribution is -0.136. The van der Waals surface area contributed by atoms with Crippen LogP contribution in [0.25, 0.3) is 0 Å². The van der Waals surface area contributed by atoms with Gasteiger partial charge in [-0.25, -0.2) is 0 Å². The van der Waals surface area contributed by atoms with Gasteiger partial charge in [0, 0.05) is 20.2 Å². The Kier molecular flexibility index (Phi) is 4.55. The van der Waals surface area contributed by atoms with Crippen molar-refractivity contribution in [1.82, 2.24) is 10.6 Å². The van der Waals surface area contributed by atoms with Crippen LogP contribution in [0, 0.1) is 0 Å². The number of hydrogen-bond donors (Lipinski definition) is 2. The fraction of sp³-hybridized carbons (Fsp3) is 0.889. The van der Waals surface area contributed by atoms with Crippen molar-refractivity contribution in [2.24, 2.45) is 0 Å². The van der Waals surface area contributed by atoms with E-state index in [1.165, 1.54) is 7.11 Å². The van der Waals surface area contributed by atoms with Gasteiger partial charge in [-0.3, -0.25) is 4.79 Å². The average molecular weight is 240 g/mol. The molecule has 0 radical (unpaired) electrons. The molecule has 0 aliphatic carbocycles. The predicted octanol–water partition coefficient (Wildman–Crippen LogP) is 0.432. The smallest absolute Gasteiger partial charge is 0.380 e. The molecule has 16 heavy (non-hydrogen) atoms. The first kappa shape index (κ1) is 13.2. The summed E-state index contributed by atoms with van der Waals surface area (Å²) < 4.78 is 40.5. The normalized spacial score (nSPS) is 25.8. The van der Waals surface area contributed by atoms with E-state index in [0.29, 0.717) is 13.0 Å². The van der Waals surface area contributed by atoms with Crippen LogP contribution < -0.4 is 10.6 Å². The second-order valence-corrected chi connectivity index (χ2v) is 3.71. The van der Waals surface area contributed by atoms with Gasteiger partial charge in [-0.2, -0.15) is 13.2 Å². The first-order valence-corrected chi connectivity index (χ1v) is 5.03. The first-order chi connectivity index (χ1) is 7.42. The van der Waals surface area contributed by atoms with Crippen molar-refractivity contribution in [2.45, 2.75) is 31.2 Å². The third kappa shape index (κ3) is 4.36. The Balaban J connectivity index is 2.21. The van der Waals surface area contributed by atoms with Crippen LogP contribution in [0.15, 0.2) is 0 Å². The van der Waals surface area contributed by atoms with E-state index in [1.807, 2.05) is 0 Å². The summed E-state index contributed by atoms with van der Waals surface area (Å²) in [6, 6.07) is -0.446. The van der Waals surface area contributed by atoms with Gasteiger partial charge >= 0.3 is 6.18 Å². The van der Waals surface area contributed by atoms with Gasteiger partial charge in [0.05, 0.1) is 18.6 Å². The predicted molar refractivity (Wildman–Crippen MR) is 50.9 cm³/mol. The molecule has 1 aliphatic heterocycles. The standard InChI is InChI=1S/C9H15F3N2O2/c1-16-6-4-7(14-5-6)8(15)13-3-2-9(10,11)12/h6-7,14H,2-5H2,1H3,(H,13,15). The number of carbonyl (C=O) groups excluding carboxylic acids is 1. The Bertz CT molecular complexity index is 245. The molecule has 0 bridgehead atoms. The van der Waals surface area contributed by atoms with E-state index < -0.39 is 24.5 Å². The molecule has 4 nitrogen and oxygen atoms in total. The number of alkyl halides is 3. The number of hydrogen-bond acceptors (Lipinski definition) is 3. The van der Waals surface area contributed by atoms with E-state index in [9.17, 15) is 18.0 Å². The second kappa shape index (κ2) is 5.49. The Morgan fingerprint density at radius 2 is 2.25 bits per heavy atom. The van der Waals surface area contributed by atoms with Gasteiger partial charge in [-0.1, -0.05) is 0 Å². The molecule has 0 aromatic heterocycles. The Labute approximate surface area is 91.5 Å². The highest BCUT2D eigenvalue weighted by atomic mass is 19.4. The van der Waals surface area contributed by atoms with Crippen LogP contribution >= 0.6 is 0 Å². The van der Waals surface area contributed by atoms with E-state index in [4.69, 9.17) is 4.74 Å². The fourth-order valence-corrected chi connectivity index (χ4v) is 1.53. The molecule has 0 aromatic rings. The molecule has 2 atom stereocenters. The number of carbonyl (C=O) groups is 1. The SMILES string of the molecule is COC1CNC(C(=O)NCCC(F)(F)F)C1. The van der Waals surface area contributed by atoms with Gasteiger partial charge in [-0.05, 0) is 6.42 Å². The van der Waals surface area contributed by atoms with Gasteiger partial charge in [0.2, 0.25) is 5.91 Å². The van der Waals surface area contributed by atoms with Crippen LogP contribution in [0.4, 0.5) is 13.2 Å². The molecule has 1 aliphatic rings. The summed E-state index contributed by atoms with van der Waals surface area (Å²) in [5, 5.41) is 5.14. The fourth-order valence-electron chi connectivity index (χ4n) is 1.53. The largest absolute Gasteiger partial charge is 0.390 e. The van der Waals surface area contributed by atoms with Crippen LogP contribution in [0.2, 0.25) is 0 Å². The molecule has 1 heterocycles. The van der Waals surface area contributed by atoms with Gasteiger partial charge in [0.1, 0.15) is 0 Å². The summed E-state index contributed by atoms with van der Waals surface area (Å²) >= 11 is 0. The zero-order valence-corrected chi connectivity index (χ0v) is 8.93. The topological polar surface area (TPSA) is 50.4 Å². The minimum atomic E-state index is -4.23. The average Bonchev–Trinajstić information content (AvgIpc) is 2.63. The van der Waals surface area contributed by atoms with Crippen molar-refractivity contribution in [1.29, 1.82) is 0 Å². The van der Waals surface area contributed by atoms with Crippen LogP contribution in [0.5, 0.6) is 0 Å². The van der Waals surface area contributed by atoms with Crippen molar-refractivity contribution >= 4 is 5.91 Å². The summed E-state index contributed by atoms with van der Waals surface area (Å²) in [5.41, 5.74) is 0. The van der Waals surface area contributed by atoms with Crippen LogP contribution in [0.1, 0.15) is 12.8 Å². The van der Waals surface area contributed by atoms with E-state index in [1.54, 1.807) is 0 Å². The molecule has 2 N–H and O–H groups in total. The highest BCUT2D eigenvalue weighted by Crippen LogP contribution is 2.18. The Morgan fingerprint density at radius 3 is 2.75 bits per heavy atom. The number of amides is 1. The van der Waals surface area contributed by atoms with E-state index in [0.717, 1.165) is 0 Å². The maximum absolute atomic E-state index is 11.8. The number of rotatable bonds is 4. The zero-order chi connectivity index (χ0) is 12.2. The zero-order valence-electron chi connectivity index (χ0n) is 8.93. The van der Waals surface area contributed by atoms with E-state index >= 15 is 0 Å².